The lowest BCUT2D eigenvalue weighted by molar-refractivity contribution is 0.199. The first-order valence-electron chi connectivity index (χ1n) is 6.68. The van der Waals surface area contributed by atoms with Crippen molar-refractivity contribution in [1.82, 2.24) is 15.5 Å². The first-order valence-corrected chi connectivity index (χ1v) is 8.95. The molecule has 0 fully saturated rings. The Morgan fingerprint density at radius 1 is 1.33 bits per heavy atom. The van der Waals surface area contributed by atoms with Gasteiger partial charge in [0.1, 0.15) is 10.0 Å². The molecule has 1 aromatic carbocycles. The Kier molecular flexibility index (Phi) is 7.31. The number of rotatable bonds is 8. The van der Waals surface area contributed by atoms with Gasteiger partial charge in [-0.05, 0) is 53.8 Å². The van der Waals surface area contributed by atoms with Crippen LogP contribution in [0.25, 0.3) is 10.6 Å². The van der Waals surface area contributed by atoms with Gasteiger partial charge in [0.25, 0.3) is 0 Å². The maximum atomic E-state index is 6.05. The molecule has 2 rings (SSSR count). The quantitative estimate of drug-likeness (QED) is 0.506. The molecule has 2 aromatic rings. The third-order valence-electron chi connectivity index (χ3n) is 2.85. The van der Waals surface area contributed by atoms with Crippen LogP contribution >= 0.6 is 45.5 Å². The van der Waals surface area contributed by atoms with Crippen LogP contribution in [0, 0.1) is 3.57 Å². The summed E-state index contributed by atoms with van der Waals surface area (Å²) in [7, 11) is 1.71. The smallest absolute Gasteiger partial charge is 0.148 e. The second kappa shape index (κ2) is 8.99. The van der Waals surface area contributed by atoms with Crippen LogP contribution in [0.1, 0.15) is 11.4 Å². The maximum Gasteiger partial charge on any atom is 0.148 e. The summed E-state index contributed by atoms with van der Waals surface area (Å²) in [5.41, 5.74) is 1.06. The van der Waals surface area contributed by atoms with E-state index in [4.69, 9.17) is 16.3 Å². The summed E-state index contributed by atoms with van der Waals surface area (Å²) < 4.78 is 6.13. The number of nitrogens with zero attached hydrogens (tertiary/aromatic N) is 2. The first-order chi connectivity index (χ1) is 10.2. The van der Waals surface area contributed by atoms with Crippen molar-refractivity contribution in [2.45, 2.75) is 12.8 Å². The van der Waals surface area contributed by atoms with Crippen LogP contribution in [0.2, 0.25) is 5.02 Å². The number of aryl methyl sites for hydroxylation is 1. The van der Waals surface area contributed by atoms with Gasteiger partial charge >= 0.3 is 0 Å². The Morgan fingerprint density at radius 2 is 2.19 bits per heavy atom. The standard InChI is InChI=1S/C14H17ClIN3OS/c1-20-8-7-17-6-2-3-13-18-19-14(21-13)11-9-10(15)4-5-12(11)16/h4-5,9,17H,2-3,6-8H2,1H3. The molecule has 0 aliphatic carbocycles. The average molecular weight is 438 g/mol. The van der Waals surface area contributed by atoms with E-state index in [2.05, 4.69) is 38.1 Å². The van der Waals surface area contributed by atoms with Gasteiger partial charge in [-0.1, -0.05) is 22.9 Å². The average Bonchev–Trinajstić information content (AvgIpc) is 2.94. The highest BCUT2D eigenvalue weighted by Crippen LogP contribution is 2.30. The SMILES string of the molecule is COCCNCCCc1nnc(-c2cc(Cl)ccc2I)s1. The highest BCUT2D eigenvalue weighted by molar-refractivity contribution is 14.1. The van der Waals surface area contributed by atoms with E-state index in [1.165, 1.54) is 0 Å². The van der Waals surface area contributed by atoms with Gasteiger partial charge in [-0.3, -0.25) is 0 Å². The van der Waals surface area contributed by atoms with Crippen molar-refractivity contribution >= 4 is 45.5 Å². The van der Waals surface area contributed by atoms with Crippen molar-refractivity contribution in [3.63, 3.8) is 0 Å². The molecular formula is C14H17ClIN3OS. The van der Waals surface area contributed by atoms with Gasteiger partial charge in [-0.2, -0.15) is 0 Å². The second-order valence-electron chi connectivity index (χ2n) is 4.47. The number of methoxy groups -OCH3 is 1. The molecule has 0 amide bonds. The highest BCUT2D eigenvalue weighted by Gasteiger charge is 2.10. The lowest BCUT2D eigenvalue weighted by Gasteiger charge is -2.02. The van der Waals surface area contributed by atoms with Crippen LogP contribution in [-0.4, -0.2) is 37.0 Å². The van der Waals surface area contributed by atoms with Gasteiger partial charge in [0, 0.05) is 34.2 Å². The summed E-state index contributed by atoms with van der Waals surface area (Å²) in [6.07, 6.45) is 1.99. The molecular weight excluding hydrogens is 421 g/mol. The Morgan fingerprint density at radius 3 is 3.00 bits per heavy atom. The number of aromatic nitrogens is 2. The molecule has 0 aliphatic rings. The van der Waals surface area contributed by atoms with Crippen molar-refractivity contribution < 1.29 is 4.74 Å². The van der Waals surface area contributed by atoms with Crippen molar-refractivity contribution in [1.29, 1.82) is 0 Å². The predicted octanol–water partition coefficient (Wildman–Crippen LogP) is 3.63. The summed E-state index contributed by atoms with van der Waals surface area (Å²) in [5, 5.41) is 14.6. The normalized spacial score (nSPS) is 11.0. The summed E-state index contributed by atoms with van der Waals surface area (Å²) in [6.45, 7) is 2.60. The Labute approximate surface area is 147 Å². The minimum Gasteiger partial charge on any atom is -0.383 e. The molecule has 114 valence electrons. The fourth-order valence-electron chi connectivity index (χ4n) is 1.79. The minimum atomic E-state index is 0.726. The van der Waals surface area contributed by atoms with Crippen LogP contribution in [0.15, 0.2) is 18.2 Å². The molecule has 0 radical (unpaired) electrons. The van der Waals surface area contributed by atoms with E-state index in [0.717, 1.165) is 56.7 Å². The van der Waals surface area contributed by atoms with E-state index in [1.54, 1.807) is 18.4 Å². The summed E-state index contributed by atoms with van der Waals surface area (Å²) >= 11 is 9.99. The third kappa shape index (κ3) is 5.45. The number of hydrogen-bond acceptors (Lipinski definition) is 5. The van der Waals surface area contributed by atoms with Gasteiger partial charge in [-0.15, -0.1) is 10.2 Å². The van der Waals surface area contributed by atoms with Crippen LogP contribution in [0.3, 0.4) is 0 Å². The molecule has 0 spiro atoms. The van der Waals surface area contributed by atoms with E-state index in [-0.39, 0.29) is 0 Å². The third-order valence-corrected chi connectivity index (χ3v) is 5.04. The number of benzene rings is 1. The topological polar surface area (TPSA) is 47.0 Å². The molecule has 0 aliphatic heterocycles. The number of ether oxygens (including phenoxy) is 1. The summed E-state index contributed by atoms with van der Waals surface area (Å²) in [6, 6.07) is 5.83. The molecule has 0 saturated carbocycles. The monoisotopic (exact) mass is 437 g/mol. The maximum absolute atomic E-state index is 6.05. The van der Waals surface area contributed by atoms with Crippen molar-refractivity contribution in [2.75, 3.05) is 26.8 Å². The Balaban J connectivity index is 1.88. The fourth-order valence-corrected chi connectivity index (χ4v) is 3.65. The van der Waals surface area contributed by atoms with Gasteiger partial charge in [0.2, 0.25) is 0 Å². The van der Waals surface area contributed by atoms with Crippen LogP contribution in [-0.2, 0) is 11.2 Å². The van der Waals surface area contributed by atoms with Crippen molar-refractivity contribution in [3.8, 4) is 10.6 Å². The molecule has 1 heterocycles. The molecule has 1 aromatic heterocycles. The zero-order valence-electron chi connectivity index (χ0n) is 11.7. The molecule has 0 unspecified atom stereocenters. The van der Waals surface area contributed by atoms with Gasteiger partial charge < -0.3 is 10.1 Å². The Bertz CT molecular complexity index is 579. The van der Waals surface area contributed by atoms with Crippen LogP contribution in [0.4, 0.5) is 0 Å². The lowest BCUT2D eigenvalue weighted by Crippen LogP contribution is -2.20. The zero-order valence-corrected chi connectivity index (χ0v) is 15.5. The number of nitrogens with one attached hydrogen (secondary N) is 1. The highest BCUT2D eigenvalue weighted by atomic mass is 127. The lowest BCUT2D eigenvalue weighted by atomic mass is 10.2. The largest absolute Gasteiger partial charge is 0.383 e. The van der Waals surface area contributed by atoms with Crippen molar-refractivity contribution in [2.24, 2.45) is 0 Å². The number of hydrogen-bond donors (Lipinski definition) is 1. The molecule has 0 bridgehead atoms. The molecule has 0 saturated heterocycles. The van der Waals surface area contributed by atoms with Gasteiger partial charge in [0.15, 0.2) is 0 Å². The second-order valence-corrected chi connectivity index (χ2v) is 7.13. The Hall–Kier alpha value is -0.280. The summed E-state index contributed by atoms with van der Waals surface area (Å²) in [5.74, 6) is 0. The number of halogens is 2. The first kappa shape index (κ1) is 17.1. The van der Waals surface area contributed by atoms with E-state index < -0.39 is 0 Å². The van der Waals surface area contributed by atoms with E-state index in [1.807, 2.05) is 18.2 Å². The molecule has 21 heavy (non-hydrogen) atoms. The van der Waals surface area contributed by atoms with E-state index in [0.29, 0.717) is 0 Å². The molecule has 7 heteroatoms. The molecule has 4 nitrogen and oxygen atoms in total. The van der Waals surface area contributed by atoms with Gasteiger partial charge in [0.05, 0.1) is 6.61 Å². The molecule has 1 N–H and O–H groups in total. The van der Waals surface area contributed by atoms with Crippen LogP contribution < -0.4 is 5.32 Å². The van der Waals surface area contributed by atoms with Crippen molar-refractivity contribution in [3.05, 3.63) is 31.8 Å². The molecule has 0 atom stereocenters. The van der Waals surface area contributed by atoms with Gasteiger partial charge in [-0.25, -0.2) is 0 Å². The van der Waals surface area contributed by atoms with E-state index >= 15 is 0 Å². The van der Waals surface area contributed by atoms with E-state index in [9.17, 15) is 0 Å². The van der Waals surface area contributed by atoms with Crippen LogP contribution in [0.5, 0.6) is 0 Å². The zero-order chi connectivity index (χ0) is 15.1. The summed E-state index contributed by atoms with van der Waals surface area (Å²) in [4.78, 5) is 0. The minimum absolute atomic E-state index is 0.726. The predicted molar refractivity (Wildman–Crippen MR) is 96.1 cm³/mol. The fraction of sp³-hybridized carbons (Fsp3) is 0.429.